The van der Waals surface area contributed by atoms with E-state index in [1.165, 1.54) is 0 Å². The predicted molar refractivity (Wildman–Crippen MR) is 195 cm³/mol. The Morgan fingerprint density at radius 2 is 0.755 bits per heavy atom. The largest absolute Gasteiger partial charge is 0.378 e. The molecule has 6 heteroatoms. The van der Waals surface area contributed by atoms with Crippen molar-refractivity contribution in [2.75, 3.05) is 0 Å². The van der Waals surface area contributed by atoms with Crippen molar-refractivity contribution < 1.29 is 19.8 Å². The number of rotatable bonds is 10. The number of benzene rings is 4. The summed E-state index contributed by atoms with van der Waals surface area (Å²) in [6, 6.07) is 36.0. The first-order valence-corrected chi connectivity index (χ1v) is 17.4. The highest BCUT2D eigenvalue weighted by Gasteiger charge is 2.55. The lowest BCUT2D eigenvalue weighted by Gasteiger charge is -2.47. The molecule has 0 aromatic heterocycles. The highest BCUT2D eigenvalue weighted by molar-refractivity contribution is 6.05. The quantitative estimate of drug-likeness (QED) is 0.133. The van der Waals surface area contributed by atoms with Crippen LogP contribution in [0.15, 0.2) is 121 Å². The van der Waals surface area contributed by atoms with Crippen LogP contribution < -0.4 is 10.6 Å². The maximum Gasteiger partial charge on any atom is 0.236 e. The summed E-state index contributed by atoms with van der Waals surface area (Å²) < 4.78 is 0. The molecular formula is C43H52N2O4. The van der Waals surface area contributed by atoms with Crippen molar-refractivity contribution in [3.05, 3.63) is 144 Å². The van der Waals surface area contributed by atoms with Gasteiger partial charge in [-0.3, -0.25) is 9.59 Å². The van der Waals surface area contributed by atoms with Gasteiger partial charge in [0.1, 0.15) is 16.6 Å². The molecule has 0 radical (unpaired) electrons. The topological polar surface area (TPSA) is 98.7 Å². The van der Waals surface area contributed by atoms with Crippen molar-refractivity contribution in [1.82, 2.24) is 10.6 Å². The Morgan fingerprint density at radius 1 is 0.510 bits per heavy atom. The van der Waals surface area contributed by atoms with Gasteiger partial charge in [0.2, 0.25) is 11.8 Å². The third kappa shape index (κ3) is 6.95. The van der Waals surface area contributed by atoms with Crippen LogP contribution in [0.2, 0.25) is 0 Å². The van der Waals surface area contributed by atoms with E-state index in [4.69, 9.17) is 0 Å². The van der Waals surface area contributed by atoms with Gasteiger partial charge in [-0.15, -0.1) is 0 Å². The van der Waals surface area contributed by atoms with Gasteiger partial charge in [0.05, 0.1) is 12.1 Å². The van der Waals surface area contributed by atoms with Crippen molar-refractivity contribution in [3.8, 4) is 0 Å². The first kappa shape index (κ1) is 36.0. The number of aliphatic hydroxyl groups is 2. The SMILES string of the molecule is CC(C)(C)[C@@H](NC(=O)C1(C(=O)N[C@H](C(C)(C)C)C(O)(c2ccccc2)c2ccccc2)CCCC1)C(O)(c1ccccc1)c1ccccc1. The van der Waals surface area contributed by atoms with Crippen molar-refractivity contribution in [2.45, 2.75) is 90.5 Å². The minimum Gasteiger partial charge on any atom is -0.378 e. The summed E-state index contributed by atoms with van der Waals surface area (Å²) in [6.07, 6.45) is 2.15. The second kappa shape index (κ2) is 13.9. The van der Waals surface area contributed by atoms with Gasteiger partial charge in [-0.05, 0) is 45.9 Å². The van der Waals surface area contributed by atoms with Crippen LogP contribution in [0.3, 0.4) is 0 Å². The lowest BCUT2D eigenvalue weighted by Crippen LogP contribution is -2.64. The molecule has 0 bridgehead atoms. The zero-order chi connectivity index (χ0) is 35.5. The Hall–Kier alpha value is -4.26. The third-order valence-electron chi connectivity index (χ3n) is 10.3. The summed E-state index contributed by atoms with van der Waals surface area (Å²) in [4.78, 5) is 29.7. The van der Waals surface area contributed by atoms with E-state index in [1.54, 1.807) is 0 Å². The van der Waals surface area contributed by atoms with E-state index in [0.29, 0.717) is 47.9 Å². The molecule has 6 nitrogen and oxygen atoms in total. The lowest BCUT2D eigenvalue weighted by molar-refractivity contribution is -0.148. The third-order valence-corrected chi connectivity index (χ3v) is 10.3. The summed E-state index contributed by atoms with van der Waals surface area (Å²) in [5, 5.41) is 32.2. The standard InChI is InChI=1S/C43H52N2O4/c1-39(2,3)35(42(48,31-21-11-7-12-22-31)32-23-13-8-14-24-32)44-37(46)41(29-19-20-30-41)38(47)45-36(40(4,5)6)43(49,33-25-15-9-16-26-33)34-27-17-10-18-28-34/h7-18,21-28,35-36,48-49H,19-20,29-30H2,1-6H3,(H,44,46)(H,45,47)/t35-,36-/m1/s1. The Labute approximate surface area is 292 Å². The first-order chi connectivity index (χ1) is 23.1. The number of carbonyl (C=O) groups is 2. The van der Waals surface area contributed by atoms with Crippen LogP contribution in [-0.2, 0) is 20.8 Å². The summed E-state index contributed by atoms with van der Waals surface area (Å²) in [5.41, 5.74) is -3.24. The van der Waals surface area contributed by atoms with E-state index in [9.17, 15) is 19.8 Å². The fourth-order valence-electron chi connectivity index (χ4n) is 7.74. The van der Waals surface area contributed by atoms with Gasteiger partial charge in [0.15, 0.2) is 0 Å². The Bertz CT molecular complexity index is 1490. The maximum absolute atomic E-state index is 14.9. The van der Waals surface area contributed by atoms with Gasteiger partial charge >= 0.3 is 0 Å². The van der Waals surface area contributed by atoms with E-state index >= 15 is 0 Å². The molecule has 0 unspecified atom stereocenters. The highest BCUT2D eigenvalue weighted by atomic mass is 16.3. The van der Waals surface area contributed by atoms with Crippen LogP contribution in [0.25, 0.3) is 0 Å². The van der Waals surface area contributed by atoms with Crippen LogP contribution in [0, 0.1) is 16.2 Å². The smallest absolute Gasteiger partial charge is 0.236 e. The molecular weight excluding hydrogens is 608 g/mol. The van der Waals surface area contributed by atoms with E-state index in [2.05, 4.69) is 10.6 Å². The minimum absolute atomic E-state index is 0.364. The van der Waals surface area contributed by atoms with Crippen molar-refractivity contribution in [2.24, 2.45) is 16.2 Å². The van der Waals surface area contributed by atoms with Crippen LogP contribution in [0.5, 0.6) is 0 Å². The van der Waals surface area contributed by atoms with E-state index in [-0.39, 0.29) is 0 Å². The van der Waals surface area contributed by atoms with E-state index in [1.807, 2.05) is 163 Å². The molecule has 4 aromatic carbocycles. The number of nitrogens with one attached hydrogen (secondary N) is 2. The molecule has 2 amide bonds. The number of carbonyl (C=O) groups excluding carboxylic acids is 2. The van der Waals surface area contributed by atoms with Gasteiger partial charge in [-0.25, -0.2) is 0 Å². The highest BCUT2D eigenvalue weighted by Crippen LogP contribution is 2.46. The Kier molecular flexibility index (Phi) is 10.2. The molecule has 0 heterocycles. The maximum atomic E-state index is 14.9. The summed E-state index contributed by atoms with van der Waals surface area (Å²) in [5.74, 6) is -0.827. The van der Waals surface area contributed by atoms with Crippen LogP contribution in [0.1, 0.15) is 89.5 Å². The zero-order valence-electron chi connectivity index (χ0n) is 29.7. The normalized spacial score (nSPS) is 16.4. The van der Waals surface area contributed by atoms with E-state index < -0.39 is 51.3 Å². The van der Waals surface area contributed by atoms with Gasteiger partial charge < -0.3 is 20.8 Å². The number of amides is 2. The van der Waals surface area contributed by atoms with Crippen molar-refractivity contribution in [3.63, 3.8) is 0 Å². The second-order valence-electron chi connectivity index (χ2n) is 15.8. The molecule has 1 aliphatic rings. The molecule has 2 atom stereocenters. The summed E-state index contributed by atoms with van der Waals surface area (Å²) >= 11 is 0. The molecule has 258 valence electrons. The molecule has 0 saturated heterocycles. The number of hydrogen-bond acceptors (Lipinski definition) is 4. The van der Waals surface area contributed by atoms with Crippen LogP contribution >= 0.6 is 0 Å². The lowest BCUT2D eigenvalue weighted by atomic mass is 9.68. The fourth-order valence-corrected chi connectivity index (χ4v) is 7.74. The second-order valence-corrected chi connectivity index (χ2v) is 15.8. The molecule has 1 saturated carbocycles. The number of hydrogen-bond donors (Lipinski definition) is 4. The molecule has 5 rings (SSSR count). The van der Waals surface area contributed by atoms with Crippen molar-refractivity contribution >= 4 is 11.8 Å². The molecule has 4 aromatic rings. The summed E-state index contributed by atoms with van der Waals surface area (Å²) in [6.45, 7) is 12.0. The molecule has 49 heavy (non-hydrogen) atoms. The molecule has 0 aliphatic heterocycles. The van der Waals surface area contributed by atoms with Gasteiger partial charge in [-0.2, -0.15) is 0 Å². The first-order valence-electron chi connectivity index (χ1n) is 17.4. The Morgan fingerprint density at radius 3 is 0.980 bits per heavy atom. The molecule has 1 fully saturated rings. The van der Waals surface area contributed by atoms with Gasteiger partial charge in [0.25, 0.3) is 0 Å². The van der Waals surface area contributed by atoms with Crippen LogP contribution in [0.4, 0.5) is 0 Å². The van der Waals surface area contributed by atoms with Crippen LogP contribution in [-0.4, -0.2) is 34.1 Å². The predicted octanol–water partition coefficient (Wildman–Crippen LogP) is 7.48. The fraction of sp³-hybridized carbons (Fsp3) is 0.395. The zero-order valence-corrected chi connectivity index (χ0v) is 29.7. The monoisotopic (exact) mass is 660 g/mol. The molecule has 1 aliphatic carbocycles. The average molecular weight is 661 g/mol. The van der Waals surface area contributed by atoms with Crippen molar-refractivity contribution in [1.29, 1.82) is 0 Å². The minimum atomic E-state index is -1.60. The Balaban J connectivity index is 1.57. The van der Waals surface area contributed by atoms with E-state index in [0.717, 1.165) is 0 Å². The summed E-state index contributed by atoms with van der Waals surface area (Å²) in [7, 11) is 0. The average Bonchev–Trinajstić information content (AvgIpc) is 3.61. The molecule has 0 spiro atoms. The molecule has 4 N–H and O–H groups in total. The van der Waals surface area contributed by atoms with Gasteiger partial charge in [-0.1, -0.05) is 176 Å². The van der Waals surface area contributed by atoms with Gasteiger partial charge in [0, 0.05) is 0 Å².